The number of esters is 1. The van der Waals surface area contributed by atoms with Crippen molar-refractivity contribution in [1.29, 1.82) is 0 Å². The number of carbonyl (C=O) groups is 2. The monoisotopic (exact) mass is 357 g/mol. The number of aryl methyl sites for hydroxylation is 2. The quantitative estimate of drug-likeness (QED) is 0.582. The van der Waals surface area contributed by atoms with Gasteiger partial charge in [0, 0.05) is 18.5 Å². The van der Waals surface area contributed by atoms with Gasteiger partial charge in [-0.1, -0.05) is 23.8 Å². The van der Waals surface area contributed by atoms with Crippen LogP contribution in [0.3, 0.4) is 0 Å². The minimum atomic E-state index is -0.485. The molecule has 0 fully saturated rings. The molecular weight excluding hydrogens is 334 g/mol. The van der Waals surface area contributed by atoms with E-state index in [0.29, 0.717) is 12.1 Å². The van der Waals surface area contributed by atoms with Crippen LogP contribution in [0.2, 0.25) is 0 Å². The number of benzene rings is 2. The number of likely N-dealkylation sites (N-methyl/N-ethyl adjacent to an activating group) is 1. The van der Waals surface area contributed by atoms with Crippen LogP contribution in [0.5, 0.6) is 0 Å². The molecule has 0 unspecified atom stereocenters. The maximum Gasteiger partial charge on any atom is 0.338 e. The zero-order chi connectivity index (χ0) is 18.4. The highest BCUT2D eigenvalue weighted by atomic mass is 32.2. The van der Waals surface area contributed by atoms with Crippen LogP contribution in [-0.2, 0) is 16.1 Å². The predicted molar refractivity (Wildman–Crippen MR) is 101 cm³/mol. The summed E-state index contributed by atoms with van der Waals surface area (Å²) in [6, 6.07) is 13.3. The van der Waals surface area contributed by atoms with Gasteiger partial charge in [0.05, 0.1) is 5.56 Å². The third-order valence-electron chi connectivity index (χ3n) is 3.98. The zero-order valence-electron chi connectivity index (χ0n) is 15.0. The highest BCUT2D eigenvalue weighted by Gasteiger charge is 2.14. The molecule has 5 heteroatoms. The van der Waals surface area contributed by atoms with Gasteiger partial charge >= 0.3 is 5.97 Å². The van der Waals surface area contributed by atoms with Gasteiger partial charge in [0.25, 0.3) is 5.91 Å². The van der Waals surface area contributed by atoms with E-state index in [-0.39, 0.29) is 12.5 Å². The van der Waals surface area contributed by atoms with E-state index in [1.807, 2.05) is 44.4 Å². The largest absolute Gasteiger partial charge is 0.452 e. The number of rotatable bonds is 6. The topological polar surface area (TPSA) is 46.6 Å². The summed E-state index contributed by atoms with van der Waals surface area (Å²) in [5, 5.41) is 0. The summed E-state index contributed by atoms with van der Waals surface area (Å²) in [6.45, 7) is 4.30. The standard InChI is InChI=1S/C20H23NO3S/c1-14-5-6-17(15(2)11-14)12-21(3)19(22)13-24-20(23)16-7-9-18(25-4)10-8-16/h5-11H,12-13H2,1-4H3. The molecule has 2 rings (SSSR count). The first-order chi connectivity index (χ1) is 11.9. The van der Waals surface area contributed by atoms with E-state index in [1.165, 1.54) is 5.56 Å². The van der Waals surface area contributed by atoms with E-state index >= 15 is 0 Å². The molecule has 0 aromatic heterocycles. The average Bonchev–Trinajstić information content (AvgIpc) is 2.61. The van der Waals surface area contributed by atoms with E-state index < -0.39 is 5.97 Å². The zero-order valence-corrected chi connectivity index (χ0v) is 15.9. The Labute approximate surface area is 153 Å². The minimum absolute atomic E-state index is 0.228. The third-order valence-corrected chi connectivity index (χ3v) is 4.73. The number of hydrogen-bond donors (Lipinski definition) is 0. The summed E-state index contributed by atoms with van der Waals surface area (Å²) >= 11 is 1.60. The maximum atomic E-state index is 12.2. The number of thioether (sulfide) groups is 1. The fourth-order valence-electron chi connectivity index (χ4n) is 2.41. The van der Waals surface area contributed by atoms with Crippen LogP contribution in [0.1, 0.15) is 27.0 Å². The molecule has 0 spiro atoms. The summed E-state index contributed by atoms with van der Waals surface area (Å²) < 4.78 is 5.13. The van der Waals surface area contributed by atoms with Gasteiger partial charge in [-0.05, 0) is 55.5 Å². The Morgan fingerprint density at radius 2 is 1.76 bits per heavy atom. The first kappa shape index (κ1) is 19.1. The lowest BCUT2D eigenvalue weighted by Gasteiger charge is -2.18. The predicted octanol–water partition coefficient (Wildman–Crippen LogP) is 3.84. The Bertz CT molecular complexity index is 756. The molecule has 4 nitrogen and oxygen atoms in total. The fourth-order valence-corrected chi connectivity index (χ4v) is 2.82. The third kappa shape index (κ3) is 5.36. The Kier molecular flexibility index (Phi) is 6.65. The van der Waals surface area contributed by atoms with Gasteiger partial charge in [-0.25, -0.2) is 4.79 Å². The average molecular weight is 357 g/mol. The van der Waals surface area contributed by atoms with Gasteiger partial charge in [0.1, 0.15) is 0 Å². The van der Waals surface area contributed by atoms with Crippen molar-refractivity contribution in [3.05, 3.63) is 64.7 Å². The van der Waals surface area contributed by atoms with Crippen molar-refractivity contribution in [2.75, 3.05) is 19.9 Å². The van der Waals surface area contributed by atoms with Crippen molar-refractivity contribution in [2.24, 2.45) is 0 Å². The second kappa shape index (κ2) is 8.72. The smallest absolute Gasteiger partial charge is 0.338 e. The second-order valence-electron chi connectivity index (χ2n) is 5.98. The molecule has 1 amide bonds. The summed E-state index contributed by atoms with van der Waals surface area (Å²) in [5.41, 5.74) is 3.87. The number of ether oxygens (including phenoxy) is 1. The molecule has 0 radical (unpaired) electrons. The summed E-state index contributed by atoms with van der Waals surface area (Å²) in [5.74, 6) is -0.713. The number of amides is 1. The van der Waals surface area contributed by atoms with Crippen LogP contribution >= 0.6 is 11.8 Å². The molecule has 0 bridgehead atoms. The van der Waals surface area contributed by atoms with Crippen LogP contribution in [0, 0.1) is 13.8 Å². The van der Waals surface area contributed by atoms with Crippen LogP contribution in [-0.4, -0.2) is 36.7 Å². The van der Waals surface area contributed by atoms with Crippen molar-refractivity contribution in [2.45, 2.75) is 25.3 Å². The van der Waals surface area contributed by atoms with E-state index in [4.69, 9.17) is 4.74 Å². The molecule has 0 aliphatic rings. The normalized spacial score (nSPS) is 10.4. The molecule has 0 atom stereocenters. The van der Waals surface area contributed by atoms with Crippen molar-refractivity contribution in [3.8, 4) is 0 Å². The lowest BCUT2D eigenvalue weighted by Crippen LogP contribution is -2.31. The first-order valence-corrected chi connectivity index (χ1v) is 9.24. The summed E-state index contributed by atoms with van der Waals surface area (Å²) in [6.07, 6.45) is 1.97. The molecule has 2 aromatic rings. The van der Waals surface area contributed by atoms with Crippen LogP contribution in [0.25, 0.3) is 0 Å². The van der Waals surface area contributed by atoms with E-state index in [1.54, 1.807) is 35.8 Å². The molecule has 132 valence electrons. The van der Waals surface area contributed by atoms with Crippen molar-refractivity contribution in [3.63, 3.8) is 0 Å². The molecule has 0 heterocycles. The highest BCUT2D eigenvalue weighted by molar-refractivity contribution is 7.98. The van der Waals surface area contributed by atoms with Gasteiger partial charge in [-0.2, -0.15) is 0 Å². The molecule has 0 aliphatic carbocycles. The highest BCUT2D eigenvalue weighted by Crippen LogP contribution is 2.16. The number of nitrogens with zero attached hydrogens (tertiary/aromatic N) is 1. The van der Waals surface area contributed by atoms with Crippen LogP contribution < -0.4 is 0 Å². The Morgan fingerprint density at radius 1 is 1.08 bits per heavy atom. The number of carbonyl (C=O) groups excluding carboxylic acids is 2. The van der Waals surface area contributed by atoms with Gasteiger partial charge in [-0.15, -0.1) is 11.8 Å². The van der Waals surface area contributed by atoms with E-state index in [0.717, 1.165) is 16.0 Å². The van der Waals surface area contributed by atoms with Gasteiger partial charge < -0.3 is 9.64 Å². The molecule has 25 heavy (non-hydrogen) atoms. The lowest BCUT2D eigenvalue weighted by molar-refractivity contribution is -0.133. The van der Waals surface area contributed by atoms with Crippen molar-refractivity contribution in [1.82, 2.24) is 4.90 Å². The molecule has 0 saturated heterocycles. The Balaban J connectivity index is 1.88. The Hall–Kier alpha value is -2.27. The van der Waals surface area contributed by atoms with E-state index in [2.05, 4.69) is 6.07 Å². The SMILES string of the molecule is CSc1ccc(C(=O)OCC(=O)N(C)Cc2ccc(C)cc2C)cc1. The molecule has 0 saturated carbocycles. The van der Waals surface area contributed by atoms with Gasteiger partial charge in [0.15, 0.2) is 6.61 Å². The second-order valence-corrected chi connectivity index (χ2v) is 6.86. The maximum absolute atomic E-state index is 12.2. The molecule has 0 N–H and O–H groups in total. The lowest BCUT2D eigenvalue weighted by atomic mass is 10.1. The van der Waals surface area contributed by atoms with Crippen LogP contribution in [0.15, 0.2) is 47.4 Å². The molecule has 2 aromatic carbocycles. The fraction of sp³-hybridized carbons (Fsp3) is 0.300. The summed E-state index contributed by atoms with van der Waals surface area (Å²) in [4.78, 5) is 26.9. The Morgan fingerprint density at radius 3 is 2.36 bits per heavy atom. The van der Waals surface area contributed by atoms with Gasteiger partial charge in [-0.3, -0.25) is 4.79 Å². The van der Waals surface area contributed by atoms with Crippen molar-refractivity contribution >= 4 is 23.6 Å². The van der Waals surface area contributed by atoms with Crippen molar-refractivity contribution < 1.29 is 14.3 Å². The van der Waals surface area contributed by atoms with Crippen LogP contribution in [0.4, 0.5) is 0 Å². The first-order valence-electron chi connectivity index (χ1n) is 8.02. The van der Waals surface area contributed by atoms with Gasteiger partial charge in [0.2, 0.25) is 0 Å². The molecule has 0 aliphatic heterocycles. The van der Waals surface area contributed by atoms with E-state index in [9.17, 15) is 9.59 Å². The minimum Gasteiger partial charge on any atom is -0.452 e. The summed E-state index contributed by atoms with van der Waals surface area (Å²) in [7, 11) is 1.71. The molecular formula is C20H23NO3S. The number of hydrogen-bond acceptors (Lipinski definition) is 4.